The number of benzene rings is 1. The summed E-state index contributed by atoms with van der Waals surface area (Å²) in [6.45, 7) is 0. The van der Waals surface area contributed by atoms with E-state index in [0.29, 0.717) is 22.6 Å². The van der Waals surface area contributed by atoms with E-state index in [1.54, 1.807) is 13.3 Å². The zero-order valence-corrected chi connectivity index (χ0v) is 13.7. The number of aromatic amines is 1. The normalized spacial score (nSPS) is 21.8. The van der Waals surface area contributed by atoms with Crippen molar-refractivity contribution in [2.24, 2.45) is 0 Å². The highest BCUT2D eigenvalue weighted by atomic mass is 35.5. The summed E-state index contributed by atoms with van der Waals surface area (Å²) in [6.07, 6.45) is 6.43. The van der Waals surface area contributed by atoms with Crippen molar-refractivity contribution in [3.05, 3.63) is 50.9 Å². The van der Waals surface area contributed by atoms with Gasteiger partial charge in [0.15, 0.2) is 0 Å². The van der Waals surface area contributed by atoms with Gasteiger partial charge in [0, 0.05) is 23.5 Å². The van der Waals surface area contributed by atoms with Gasteiger partial charge in [-0.2, -0.15) is 0 Å². The highest BCUT2D eigenvalue weighted by molar-refractivity contribution is 6.32. The van der Waals surface area contributed by atoms with Crippen molar-refractivity contribution in [2.45, 2.75) is 37.5 Å². The van der Waals surface area contributed by atoms with E-state index in [-0.39, 0.29) is 5.56 Å². The molecule has 1 fully saturated rings. The highest BCUT2D eigenvalue weighted by Crippen LogP contribution is 2.50. The Hall–Kier alpha value is -1.94. The molecule has 0 unspecified atom stereocenters. The molecule has 0 aliphatic heterocycles. The van der Waals surface area contributed by atoms with Crippen LogP contribution in [0.25, 0.3) is 0 Å². The van der Waals surface area contributed by atoms with Crippen molar-refractivity contribution < 1.29 is 4.74 Å². The van der Waals surface area contributed by atoms with E-state index < -0.39 is 0 Å². The SMILES string of the molecule is COc1cc(Nc2c[nH]c(=O)c3c2C2CCC3CC2)ccc1Cl. The molecule has 2 aromatic rings. The van der Waals surface area contributed by atoms with Crippen LogP contribution >= 0.6 is 11.6 Å². The van der Waals surface area contributed by atoms with Crippen molar-refractivity contribution >= 4 is 23.0 Å². The van der Waals surface area contributed by atoms with Gasteiger partial charge in [0.2, 0.25) is 0 Å². The molecule has 1 aromatic carbocycles. The topological polar surface area (TPSA) is 54.1 Å². The number of anilines is 2. The molecule has 0 spiro atoms. The Kier molecular flexibility index (Phi) is 3.57. The number of rotatable bonds is 3. The summed E-state index contributed by atoms with van der Waals surface area (Å²) in [7, 11) is 1.60. The Bertz CT molecular complexity index is 807. The van der Waals surface area contributed by atoms with Crippen LogP contribution in [0.5, 0.6) is 5.75 Å². The molecule has 0 radical (unpaired) electrons. The van der Waals surface area contributed by atoms with Crippen LogP contribution in [0.1, 0.15) is 48.6 Å². The number of hydrogen-bond donors (Lipinski definition) is 2. The lowest BCUT2D eigenvalue weighted by atomic mass is 9.67. The maximum atomic E-state index is 12.3. The largest absolute Gasteiger partial charge is 0.495 e. The second kappa shape index (κ2) is 5.60. The lowest BCUT2D eigenvalue weighted by Gasteiger charge is -2.38. The maximum Gasteiger partial charge on any atom is 0.251 e. The molecule has 2 N–H and O–H groups in total. The van der Waals surface area contributed by atoms with Gasteiger partial charge in [-0.05, 0) is 55.2 Å². The van der Waals surface area contributed by atoms with E-state index in [0.717, 1.165) is 29.8 Å². The van der Waals surface area contributed by atoms with E-state index in [9.17, 15) is 4.79 Å². The smallest absolute Gasteiger partial charge is 0.251 e. The summed E-state index contributed by atoms with van der Waals surface area (Å²) in [5.41, 5.74) is 4.19. The third-order valence-corrected chi connectivity index (χ3v) is 5.46. The van der Waals surface area contributed by atoms with Crippen molar-refractivity contribution in [3.8, 4) is 5.75 Å². The predicted octanol–water partition coefficient (Wildman–Crippen LogP) is 4.54. The van der Waals surface area contributed by atoms with Crippen molar-refractivity contribution in [1.29, 1.82) is 0 Å². The predicted molar refractivity (Wildman–Crippen MR) is 92.3 cm³/mol. The summed E-state index contributed by atoms with van der Waals surface area (Å²) in [4.78, 5) is 15.2. The van der Waals surface area contributed by atoms with Gasteiger partial charge in [0.05, 0.1) is 17.8 Å². The van der Waals surface area contributed by atoms with Crippen LogP contribution in [0, 0.1) is 0 Å². The van der Waals surface area contributed by atoms with Gasteiger partial charge in [-0.1, -0.05) is 11.6 Å². The Morgan fingerprint density at radius 2 is 1.87 bits per heavy atom. The maximum absolute atomic E-state index is 12.3. The average Bonchev–Trinajstić information content (AvgIpc) is 2.59. The van der Waals surface area contributed by atoms with Gasteiger partial charge in [-0.3, -0.25) is 4.79 Å². The minimum atomic E-state index is 0.0774. The monoisotopic (exact) mass is 330 g/mol. The fourth-order valence-electron chi connectivity index (χ4n) is 4.07. The third kappa shape index (κ3) is 2.41. The number of H-pyrrole nitrogens is 1. The first-order valence-corrected chi connectivity index (χ1v) is 8.41. The second-order valence-corrected chi connectivity index (χ2v) is 6.79. The molecule has 1 heterocycles. The zero-order valence-electron chi connectivity index (χ0n) is 13.0. The van der Waals surface area contributed by atoms with Crippen LogP contribution in [0.3, 0.4) is 0 Å². The Balaban J connectivity index is 1.76. The molecule has 2 bridgehead atoms. The Morgan fingerprint density at radius 1 is 1.17 bits per heavy atom. The Morgan fingerprint density at radius 3 is 2.57 bits per heavy atom. The van der Waals surface area contributed by atoms with Crippen LogP contribution < -0.4 is 15.6 Å². The van der Waals surface area contributed by atoms with Crippen LogP contribution in [0.2, 0.25) is 5.02 Å². The standard InChI is InChI=1S/C18H19ClN2O2/c1-23-15-8-12(6-7-13(15)19)21-14-9-20-18(22)17-11-4-2-10(3-5-11)16(14)17/h6-11,21H,2-5H2,1H3,(H,20,22). The van der Waals surface area contributed by atoms with Crippen molar-refractivity contribution in [1.82, 2.24) is 4.98 Å². The fourth-order valence-corrected chi connectivity index (χ4v) is 4.27. The number of pyridine rings is 1. The number of fused-ring (bicyclic) bond motifs is 2. The molecule has 0 atom stereocenters. The van der Waals surface area contributed by atoms with Gasteiger partial charge in [-0.15, -0.1) is 0 Å². The summed E-state index contributed by atoms with van der Waals surface area (Å²) >= 11 is 6.09. The van der Waals surface area contributed by atoms with E-state index in [1.807, 2.05) is 18.2 Å². The van der Waals surface area contributed by atoms with E-state index in [4.69, 9.17) is 16.3 Å². The molecule has 120 valence electrons. The zero-order chi connectivity index (χ0) is 16.0. The van der Waals surface area contributed by atoms with Gasteiger partial charge in [-0.25, -0.2) is 0 Å². The van der Waals surface area contributed by atoms with E-state index >= 15 is 0 Å². The first kappa shape index (κ1) is 14.6. The minimum Gasteiger partial charge on any atom is -0.495 e. The van der Waals surface area contributed by atoms with E-state index in [1.165, 1.54) is 18.4 Å². The van der Waals surface area contributed by atoms with Crippen LogP contribution in [0.4, 0.5) is 11.4 Å². The first-order valence-electron chi connectivity index (χ1n) is 8.03. The van der Waals surface area contributed by atoms with Gasteiger partial charge in [0.25, 0.3) is 5.56 Å². The summed E-state index contributed by atoms with van der Waals surface area (Å²) in [6, 6.07) is 5.61. The van der Waals surface area contributed by atoms with Gasteiger partial charge in [0.1, 0.15) is 5.75 Å². The van der Waals surface area contributed by atoms with Crippen molar-refractivity contribution in [3.63, 3.8) is 0 Å². The van der Waals surface area contributed by atoms with Crippen LogP contribution in [0.15, 0.2) is 29.2 Å². The summed E-state index contributed by atoms with van der Waals surface area (Å²) in [5, 5.41) is 4.02. The third-order valence-electron chi connectivity index (χ3n) is 5.15. The first-order chi connectivity index (χ1) is 11.2. The molecule has 5 heteroatoms. The number of methoxy groups -OCH3 is 1. The molecular weight excluding hydrogens is 312 g/mol. The molecule has 0 saturated heterocycles. The molecule has 23 heavy (non-hydrogen) atoms. The molecule has 3 aliphatic carbocycles. The lowest BCUT2D eigenvalue weighted by Crippen LogP contribution is -2.30. The van der Waals surface area contributed by atoms with Crippen LogP contribution in [-0.2, 0) is 0 Å². The summed E-state index contributed by atoms with van der Waals surface area (Å²) < 4.78 is 5.27. The quantitative estimate of drug-likeness (QED) is 0.869. The molecule has 4 nitrogen and oxygen atoms in total. The van der Waals surface area contributed by atoms with Crippen molar-refractivity contribution in [2.75, 3.05) is 12.4 Å². The van der Waals surface area contributed by atoms with Crippen LogP contribution in [-0.4, -0.2) is 12.1 Å². The number of hydrogen-bond acceptors (Lipinski definition) is 3. The van der Waals surface area contributed by atoms with E-state index in [2.05, 4.69) is 10.3 Å². The lowest BCUT2D eigenvalue weighted by molar-refractivity contribution is 0.356. The fraction of sp³-hybridized carbons (Fsp3) is 0.389. The summed E-state index contributed by atoms with van der Waals surface area (Å²) in [5.74, 6) is 1.55. The molecule has 0 amide bonds. The number of aromatic nitrogens is 1. The Labute approximate surface area is 139 Å². The number of halogens is 1. The second-order valence-electron chi connectivity index (χ2n) is 6.38. The molecule has 5 rings (SSSR count). The van der Waals surface area contributed by atoms with Gasteiger partial charge >= 0.3 is 0 Å². The molecule has 1 aromatic heterocycles. The molecular formula is C18H19ClN2O2. The molecule has 3 aliphatic rings. The highest BCUT2D eigenvalue weighted by Gasteiger charge is 2.36. The number of ether oxygens (including phenoxy) is 1. The average molecular weight is 331 g/mol. The minimum absolute atomic E-state index is 0.0774. The van der Waals surface area contributed by atoms with Gasteiger partial charge < -0.3 is 15.0 Å². The number of nitrogens with one attached hydrogen (secondary N) is 2. The molecule has 1 saturated carbocycles.